The Balaban J connectivity index is 0.00000264. The Morgan fingerprint density at radius 1 is 0.739 bits per heavy atom. The predicted octanol–water partition coefficient (Wildman–Crippen LogP) is -5.57. The van der Waals surface area contributed by atoms with Gasteiger partial charge in [-0.3, -0.25) is 5.04 Å². The Morgan fingerprint density at radius 2 is 1.30 bits per heavy atom. The van der Waals surface area contributed by atoms with Gasteiger partial charge in [0, 0.05) is 41.4 Å². The monoisotopic (exact) mass is 711 g/mol. The number of rotatable bonds is 9. The summed E-state index contributed by atoms with van der Waals surface area (Å²) in [6.07, 6.45) is 0. The zero-order valence-electron chi connectivity index (χ0n) is 24.8. The van der Waals surface area contributed by atoms with E-state index < -0.39 is 23.1 Å². The summed E-state index contributed by atoms with van der Waals surface area (Å²) in [6.45, 7) is 0. The van der Waals surface area contributed by atoms with E-state index >= 15 is 0 Å². The summed E-state index contributed by atoms with van der Waals surface area (Å²) in [4.78, 5) is 22.8. The minimum Gasteiger partial charge on any atom is -0.691 e. The van der Waals surface area contributed by atoms with Gasteiger partial charge < -0.3 is 35.9 Å². The molecule has 13 nitrogen and oxygen atoms in total. The topological polar surface area (TPSA) is 217 Å². The molecule has 0 unspecified atom stereocenters. The summed E-state index contributed by atoms with van der Waals surface area (Å²) in [5, 5.41) is 66.4. The second kappa shape index (κ2) is 20.3. The zero-order chi connectivity index (χ0) is 29.8. The van der Waals surface area contributed by atoms with E-state index in [1.807, 2.05) is 0 Å². The van der Waals surface area contributed by atoms with Crippen molar-refractivity contribution in [2.75, 3.05) is 5.73 Å². The van der Waals surface area contributed by atoms with Gasteiger partial charge >= 0.3 is 154 Å². The third-order valence-corrected chi connectivity index (χ3v) is 6.64. The molecule has 0 saturated heterocycles. The van der Waals surface area contributed by atoms with Crippen molar-refractivity contribution in [1.29, 1.82) is 0 Å². The number of carbonyl (C=O) groups is 2. The van der Waals surface area contributed by atoms with Crippen LogP contribution in [0.5, 0.6) is 5.75 Å². The molecule has 0 saturated carbocycles. The maximum Gasteiger partial charge on any atom is 1.00 e. The van der Waals surface area contributed by atoms with Gasteiger partial charge in [-0.15, -0.1) is 15.3 Å². The molecule has 0 spiro atoms. The number of hydrogen-bond acceptors (Lipinski definition) is 14. The van der Waals surface area contributed by atoms with Gasteiger partial charge in [0.25, 0.3) is 0 Å². The number of azo groups is 2. The van der Waals surface area contributed by atoms with Gasteiger partial charge in [0.1, 0.15) is 5.69 Å². The molecule has 5 aromatic rings. The number of anilines is 1. The number of benzene rings is 5. The number of carboxylic acid groups (broad SMARTS) is 2. The minimum absolute atomic E-state index is 0. The van der Waals surface area contributed by atoms with Crippen LogP contribution in [0.25, 0.3) is 21.5 Å². The Bertz CT molecular complexity index is 1920. The van der Waals surface area contributed by atoms with Crippen molar-refractivity contribution in [2.45, 2.75) is 4.90 Å². The molecule has 0 aliphatic carbocycles. The van der Waals surface area contributed by atoms with E-state index in [2.05, 4.69) is 29.8 Å². The molecule has 5 aromatic carbocycles. The van der Waals surface area contributed by atoms with Gasteiger partial charge in [-0.05, 0) is 53.9 Å². The standard InChI is InChI=1S/C28H19N5O8S.BH.3K/c29-17-6-5-14-12-24(42-41-40-39)25(26(34)21(14)13-17)33-32-23-8-7-22(19-3-1-2-4-20(19)23)31-30-18-10-15(27(35)36)9-16(11-18)28(37)38;;;;/h1-13,34,39H,29H2,(H,35,36)(H,37,38);1H;;;/q;;3*+1/p-3. The van der Waals surface area contributed by atoms with E-state index in [1.165, 1.54) is 0 Å². The van der Waals surface area contributed by atoms with Crippen molar-refractivity contribution in [3.05, 3.63) is 90.0 Å². The predicted molar refractivity (Wildman–Crippen MR) is 153 cm³/mol. The van der Waals surface area contributed by atoms with Gasteiger partial charge in [0.05, 0.1) is 45.9 Å². The molecule has 5 rings (SSSR count). The molecular weight excluding hydrogens is 695 g/mol. The van der Waals surface area contributed by atoms with Crippen molar-refractivity contribution < 1.29 is 194 Å². The van der Waals surface area contributed by atoms with Crippen molar-refractivity contribution >= 4 is 82.4 Å². The van der Waals surface area contributed by atoms with E-state index in [9.17, 15) is 30.2 Å². The number of aromatic hydroxyl groups is 1. The number of hydrogen-bond donors (Lipinski definition) is 2. The molecule has 0 aliphatic heterocycles. The number of carboxylic acids is 2. The van der Waals surface area contributed by atoms with Crippen LogP contribution in [0.2, 0.25) is 0 Å². The molecule has 2 radical (unpaired) electrons. The van der Waals surface area contributed by atoms with Gasteiger partial charge in [0.15, 0.2) is 5.75 Å². The molecule has 214 valence electrons. The van der Waals surface area contributed by atoms with Gasteiger partial charge in [0.2, 0.25) is 0 Å². The smallest absolute Gasteiger partial charge is 0.691 e. The van der Waals surface area contributed by atoms with E-state index in [0.717, 1.165) is 18.2 Å². The third-order valence-electron chi connectivity index (χ3n) is 6.03. The first-order chi connectivity index (χ1) is 20.2. The summed E-state index contributed by atoms with van der Waals surface area (Å²) in [5.74, 6) is -3.40. The van der Waals surface area contributed by atoms with Crippen LogP contribution in [0.4, 0.5) is 28.4 Å². The van der Waals surface area contributed by atoms with E-state index in [1.54, 1.807) is 60.7 Å². The van der Waals surface area contributed by atoms with Crippen LogP contribution in [0.1, 0.15) is 20.7 Å². The second-order valence-corrected chi connectivity index (χ2v) is 9.41. The Hall–Kier alpha value is -0.436. The molecule has 46 heavy (non-hydrogen) atoms. The van der Waals surface area contributed by atoms with Crippen molar-refractivity contribution in [2.24, 2.45) is 20.5 Å². The van der Waals surface area contributed by atoms with Gasteiger partial charge in [-0.2, -0.15) is 9.45 Å². The summed E-state index contributed by atoms with van der Waals surface area (Å²) in [5.41, 5.74) is 6.21. The number of aromatic carboxylic acids is 2. The van der Waals surface area contributed by atoms with Crippen LogP contribution in [-0.2, 0) is 9.37 Å². The molecular formula is C28H17BK3N5O8S. The van der Waals surface area contributed by atoms with Crippen LogP contribution < -0.4 is 175 Å². The normalized spacial score (nSPS) is 10.6. The number of nitrogens with zero attached hydrogens (tertiary/aromatic N) is 4. The molecule has 3 N–H and O–H groups in total. The minimum atomic E-state index is -1.58. The van der Waals surface area contributed by atoms with E-state index in [0.29, 0.717) is 50.6 Å². The quantitative estimate of drug-likeness (QED) is 0.0369. The summed E-state index contributed by atoms with van der Waals surface area (Å²) < 4.78 is 4.46. The van der Waals surface area contributed by atoms with E-state index in [4.69, 9.17) is 5.73 Å². The first-order valence-electron chi connectivity index (χ1n) is 11.9. The zero-order valence-corrected chi connectivity index (χ0v) is 35.0. The van der Waals surface area contributed by atoms with Gasteiger partial charge in [-0.1, -0.05) is 30.3 Å². The first-order valence-corrected chi connectivity index (χ1v) is 12.6. The Morgan fingerprint density at radius 3 is 1.85 bits per heavy atom. The molecule has 18 heteroatoms. The number of nitrogen functional groups attached to an aromatic ring is 1. The van der Waals surface area contributed by atoms with Crippen molar-refractivity contribution in [3.63, 3.8) is 0 Å². The molecule has 0 aromatic heterocycles. The average molecular weight is 712 g/mol. The maximum atomic E-state index is 11.3. The van der Waals surface area contributed by atoms with Crippen molar-refractivity contribution in [1.82, 2.24) is 0 Å². The largest absolute Gasteiger partial charge is 1.00 e. The summed E-state index contributed by atoms with van der Waals surface area (Å²) in [7, 11) is 0. The van der Waals surface area contributed by atoms with Crippen LogP contribution in [0, 0.1) is 0 Å². The molecule has 0 fully saturated rings. The SMILES string of the molecule is Nc1ccc2cc(SOO[O-])c(N=Nc3ccc(N=Nc4cc(C(=O)[O-])cc(C(=O)[O-])c4)c4ccccc34)c(O)c2c1.[BH].[K+].[K+].[K+]. The van der Waals surface area contributed by atoms with Crippen LogP contribution >= 0.6 is 12.0 Å². The fourth-order valence-electron chi connectivity index (χ4n) is 4.13. The fourth-order valence-corrected chi connectivity index (χ4v) is 4.62. The first kappa shape index (κ1) is 43.6. The van der Waals surface area contributed by atoms with Crippen LogP contribution in [-0.4, -0.2) is 25.5 Å². The fraction of sp³-hybridized carbons (Fsp3) is 0. The number of fused-ring (bicyclic) bond motifs is 2. The van der Waals surface area contributed by atoms with E-state index in [-0.39, 0.29) is 185 Å². The molecule has 0 aliphatic rings. The molecule has 0 atom stereocenters. The van der Waals surface area contributed by atoms with Crippen LogP contribution in [0.3, 0.4) is 0 Å². The molecule has 0 amide bonds. The summed E-state index contributed by atoms with van der Waals surface area (Å²) >= 11 is 0.543. The molecule has 0 bridgehead atoms. The third kappa shape index (κ3) is 10.5. The Kier molecular flexibility index (Phi) is 19.2. The number of phenols is 1. The number of carbonyl (C=O) groups excluding carboxylic acids is 2. The van der Waals surface area contributed by atoms with Crippen LogP contribution in [0.15, 0.2) is 104 Å². The average Bonchev–Trinajstić information content (AvgIpc) is 2.99. The van der Waals surface area contributed by atoms with Gasteiger partial charge in [-0.25, -0.2) is 0 Å². The maximum absolute atomic E-state index is 11.3. The number of phenolic OH excluding ortho intramolecular Hbond substituents is 1. The van der Waals surface area contributed by atoms with Crippen molar-refractivity contribution in [3.8, 4) is 5.75 Å². The molecule has 0 heterocycles. The second-order valence-electron chi connectivity index (χ2n) is 8.66. The Labute approximate surface area is 395 Å². The summed E-state index contributed by atoms with van der Waals surface area (Å²) in [6, 6.07) is 19.8. The number of nitrogens with two attached hydrogens (primary N) is 1.